The number of amides is 1. The third-order valence-electron chi connectivity index (χ3n) is 8.53. The number of nitrogens with one attached hydrogen (secondary N) is 1. The van der Waals surface area contributed by atoms with Crippen LogP contribution in [0.2, 0.25) is 0 Å². The maximum absolute atomic E-state index is 13.6. The lowest BCUT2D eigenvalue weighted by Crippen LogP contribution is -2.47. The predicted octanol–water partition coefficient (Wildman–Crippen LogP) is 2.98. The van der Waals surface area contributed by atoms with Crippen molar-refractivity contribution in [3.8, 4) is 5.75 Å². The van der Waals surface area contributed by atoms with Gasteiger partial charge in [-0.3, -0.25) is 14.4 Å². The summed E-state index contributed by atoms with van der Waals surface area (Å²) in [5.41, 5.74) is 8.60. The first kappa shape index (κ1) is 25.7. The van der Waals surface area contributed by atoms with Crippen LogP contribution in [-0.2, 0) is 17.9 Å². The third kappa shape index (κ3) is 4.86. The van der Waals surface area contributed by atoms with Crippen LogP contribution in [0.1, 0.15) is 37.3 Å². The number of nitrogen functional groups attached to an aromatic ring is 1. The van der Waals surface area contributed by atoms with Gasteiger partial charge in [-0.1, -0.05) is 12.1 Å². The number of ether oxygens (including phenoxy) is 1. The molecule has 0 radical (unpaired) electrons. The van der Waals surface area contributed by atoms with E-state index in [0.717, 1.165) is 49.6 Å². The number of carbonyl (C=O) groups is 1. The molecule has 10 nitrogen and oxygen atoms in total. The first-order valence-electron chi connectivity index (χ1n) is 13.4. The van der Waals surface area contributed by atoms with Crippen molar-refractivity contribution in [2.75, 3.05) is 50.9 Å². The van der Waals surface area contributed by atoms with Gasteiger partial charge in [0, 0.05) is 63.6 Å². The third-order valence-corrected chi connectivity index (χ3v) is 8.53. The normalized spacial score (nSPS) is 24.1. The fourth-order valence-corrected chi connectivity index (χ4v) is 6.17. The van der Waals surface area contributed by atoms with E-state index in [4.69, 9.17) is 10.5 Å². The van der Waals surface area contributed by atoms with E-state index in [1.54, 1.807) is 20.2 Å². The molecule has 1 saturated heterocycles. The minimum atomic E-state index is -2.49. The van der Waals surface area contributed by atoms with Gasteiger partial charge in [0.05, 0.1) is 19.9 Å². The molecule has 2 saturated carbocycles. The Bertz CT molecular complexity index is 1400. The van der Waals surface area contributed by atoms with Crippen molar-refractivity contribution in [3.63, 3.8) is 0 Å². The summed E-state index contributed by atoms with van der Waals surface area (Å²) in [4.78, 5) is 24.6. The average Bonchev–Trinajstić information content (AvgIpc) is 3.25. The van der Waals surface area contributed by atoms with Crippen LogP contribution in [0.3, 0.4) is 0 Å². The highest BCUT2D eigenvalue weighted by molar-refractivity contribution is 5.86. The smallest absolute Gasteiger partial charge is 0.254 e. The average molecular weight is 541 g/mol. The van der Waals surface area contributed by atoms with E-state index in [1.807, 2.05) is 21.7 Å². The van der Waals surface area contributed by atoms with Gasteiger partial charge < -0.3 is 20.7 Å². The van der Waals surface area contributed by atoms with Crippen molar-refractivity contribution in [1.29, 1.82) is 0 Å². The summed E-state index contributed by atoms with van der Waals surface area (Å²) in [5.74, 6) is -0.743. The minimum Gasteiger partial charge on any atom is -0.496 e. The number of aromatic nitrogens is 4. The summed E-state index contributed by atoms with van der Waals surface area (Å²) < 4.78 is 34.7. The van der Waals surface area contributed by atoms with Gasteiger partial charge in [-0.05, 0) is 30.4 Å². The Hall–Kier alpha value is -3.54. The van der Waals surface area contributed by atoms with Crippen LogP contribution >= 0.6 is 0 Å². The van der Waals surface area contributed by atoms with Crippen molar-refractivity contribution in [1.82, 2.24) is 29.5 Å². The molecule has 39 heavy (non-hydrogen) atoms. The molecule has 0 atom stereocenters. The van der Waals surface area contributed by atoms with Crippen molar-refractivity contribution >= 4 is 28.7 Å². The van der Waals surface area contributed by atoms with Crippen LogP contribution in [0.25, 0.3) is 11.0 Å². The molecule has 12 heteroatoms. The number of hydrogen-bond donors (Lipinski definition) is 2. The lowest BCUT2D eigenvalue weighted by molar-refractivity contribution is -0.130. The van der Waals surface area contributed by atoms with E-state index in [0.29, 0.717) is 42.8 Å². The number of methoxy groups -OCH3 is 1. The first-order valence-corrected chi connectivity index (χ1v) is 13.4. The van der Waals surface area contributed by atoms with E-state index in [9.17, 15) is 13.6 Å². The second-order valence-corrected chi connectivity index (χ2v) is 11.2. The molecule has 3 heterocycles. The molecular weight excluding hydrogens is 506 g/mol. The Labute approximate surface area is 225 Å². The molecule has 2 aliphatic carbocycles. The first-order chi connectivity index (χ1) is 18.7. The second kappa shape index (κ2) is 9.58. The number of fused-ring (bicyclic) bond motifs is 1. The molecule has 1 aromatic carbocycles. The van der Waals surface area contributed by atoms with Crippen LogP contribution in [0.15, 0.2) is 24.4 Å². The van der Waals surface area contributed by atoms with E-state index in [1.165, 1.54) is 0 Å². The molecule has 6 rings (SSSR count). The molecule has 2 aromatic heterocycles. The highest BCUT2D eigenvalue weighted by atomic mass is 19.3. The maximum Gasteiger partial charge on any atom is 0.254 e. The molecule has 1 aliphatic heterocycles. The number of halogens is 2. The summed E-state index contributed by atoms with van der Waals surface area (Å²) in [6.07, 6.45) is 2.74. The Balaban J connectivity index is 1.15. The number of nitrogens with two attached hydrogens (primary N) is 1. The molecule has 208 valence electrons. The van der Waals surface area contributed by atoms with Gasteiger partial charge in [-0.15, -0.1) is 0 Å². The zero-order valence-electron chi connectivity index (χ0n) is 22.3. The van der Waals surface area contributed by atoms with Crippen LogP contribution < -0.4 is 15.8 Å². The number of benzene rings is 1. The van der Waals surface area contributed by atoms with Gasteiger partial charge in [0.1, 0.15) is 16.8 Å². The van der Waals surface area contributed by atoms with Gasteiger partial charge in [-0.25, -0.2) is 13.8 Å². The minimum absolute atomic E-state index is 0.0189. The number of piperazine rings is 1. The Morgan fingerprint density at radius 3 is 2.59 bits per heavy atom. The van der Waals surface area contributed by atoms with E-state index in [-0.39, 0.29) is 24.2 Å². The summed E-state index contributed by atoms with van der Waals surface area (Å²) in [7, 11) is 1.65. The van der Waals surface area contributed by atoms with E-state index < -0.39 is 11.3 Å². The van der Waals surface area contributed by atoms with Crippen LogP contribution in [0, 0.1) is 11.3 Å². The predicted molar refractivity (Wildman–Crippen MR) is 143 cm³/mol. The number of anilines is 2. The fraction of sp³-hybridized carbons (Fsp3) is 0.556. The Kier molecular flexibility index (Phi) is 6.32. The zero-order chi connectivity index (χ0) is 27.4. The van der Waals surface area contributed by atoms with Crippen LogP contribution in [-0.4, -0.2) is 81.2 Å². The van der Waals surface area contributed by atoms with Gasteiger partial charge in [-0.2, -0.15) is 10.1 Å². The summed E-state index contributed by atoms with van der Waals surface area (Å²) >= 11 is 0. The number of rotatable bonds is 8. The summed E-state index contributed by atoms with van der Waals surface area (Å²) in [6, 6.07) is 6.18. The lowest BCUT2D eigenvalue weighted by atomic mass is 9.71. The number of carbonyl (C=O) groups excluding carboxylic acids is 1. The van der Waals surface area contributed by atoms with Gasteiger partial charge in [0.25, 0.3) is 5.92 Å². The topological polar surface area (TPSA) is 114 Å². The molecule has 3 aromatic rings. The van der Waals surface area contributed by atoms with E-state index in [2.05, 4.69) is 31.3 Å². The standard InChI is InChI=1S/C27H34F2N8O2/c1-17(38)36-7-5-35(6-8-36)14-18-3-4-20(22(9-18)39-2)15-37-23-21(13-32-37)33-25(30)34-24(23)31-12-19-10-26(11-19)16-27(26,28)29/h3-4,9,13,19H,5-8,10-12,14-16H2,1-2H3,(H3,30,31,33,34). The number of hydrogen-bond acceptors (Lipinski definition) is 8. The molecule has 3 N–H and O–H groups in total. The van der Waals surface area contributed by atoms with Crippen molar-refractivity contribution < 1.29 is 18.3 Å². The van der Waals surface area contributed by atoms with Crippen molar-refractivity contribution in [2.24, 2.45) is 11.3 Å². The second-order valence-electron chi connectivity index (χ2n) is 11.2. The molecule has 1 spiro atoms. The summed E-state index contributed by atoms with van der Waals surface area (Å²) in [6.45, 7) is 6.55. The van der Waals surface area contributed by atoms with Crippen LogP contribution in [0.5, 0.6) is 5.75 Å². The molecular formula is C27H34F2N8O2. The van der Waals surface area contributed by atoms with Crippen molar-refractivity contribution in [2.45, 2.75) is 45.2 Å². The Morgan fingerprint density at radius 1 is 1.18 bits per heavy atom. The highest BCUT2D eigenvalue weighted by Gasteiger charge is 2.75. The van der Waals surface area contributed by atoms with Crippen molar-refractivity contribution in [3.05, 3.63) is 35.5 Å². The maximum atomic E-state index is 13.6. The highest BCUT2D eigenvalue weighted by Crippen LogP contribution is 2.72. The monoisotopic (exact) mass is 540 g/mol. The van der Waals surface area contributed by atoms with Gasteiger partial charge >= 0.3 is 0 Å². The van der Waals surface area contributed by atoms with Gasteiger partial charge in [0.2, 0.25) is 11.9 Å². The van der Waals surface area contributed by atoms with E-state index >= 15 is 0 Å². The molecule has 1 amide bonds. The summed E-state index contributed by atoms with van der Waals surface area (Å²) in [5, 5.41) is 7.87. The number of alkyl halides is 2. The number of nitrogens with zero attached hydrogens (tertiary/aromatic N) is 6. The quantitative estimate of drug-likeness (QED) is 0.448. The lowest BCUT2D eigenvalue weighted by Gasteiger charge is -2.36. The zero-order valence-corrected chi connectivity index (χ0v) is 22.3. The van der Waals surface area contributed by atoms with Gasteiger partial charge in [0.15, 0.2) is 5.82 Å². The largest absolute Gasteiger partial charge is 0.496 e. The fourth-order valence-electron chi connectivity index (χ4n) is 6.17. The molecule has 3 aliphatic rings. The molecule has 0 unspecified atom stereocenters. The molecule has 0 bridgehead atoms. The van der Waals surface area contributed by atoms with Crippen LogP contribution in [0.4, 0.5) is 20.5 Å². The SMILES string of the molecule is COc1cc(CN2CCN(C(C)=O)CC2)ccc1Cn1ncc2nc(N)nc(NCC3CC4(C3)CC4(F)F)c21. The molecule has 3 fully saturated rings. The Morgan fingerprint density at radius 2 is 1.92 bits per heavy atom.